The minimum Gasteiger partial charge on any atom is -0.455 e. The van der Waals surface area contributed by atoms with Crippen molar-refractivity contribution < 1.29 is 19.1 Å². The van der Waals surface area contributed by atoms with Gasteiger partial charge in [-0.25, -0.2) is 0 Å². The molecule has 26 heavy (non-hydrogen) atoms. The van der Waals surface area contributed by atoms with Gasteiger partial charge in [0.15, 0.2) is 6.61 Å². The van der Waals surface area contributed by atoms with Crippen LogP contribution in [0.15, 0.2) is 24.3 Å². The molecule has 0 saturated carbocycles. The third kappa shape index (κ3) is 4.84. The highest BCUT2D eigenvalue weighted by Crippen LogP contribution is 2.33. The second-order valence-electron chi connectivity index (χ2n) is 6.73. The van der Waals surface area contributed by atoms with Crippen molar-refractivity contribution in [1.82, 2.24) is 5.32 Å². The zero-order chi connectivity index (χ0) is 19.1. The van der Waals surface area contributed by atoms with Crippen LogP contribution in [0.25, 0.3) is 0 Å². The molecule has 0 aromatic heterocycles. The quantitative estimate of drug-likeness (QED) is 0.723. The van der Waals surface area contributed by atoms with Crippen LogP contribution in [0.2, 0.25) is 0 Å². The molecule has 2 rings (SSSR count). The molecule has 1 saturated heterocycles. The second kappa shape index (κ2) is 9.36. The topological polar surface area (TPSA) is 75.7 Å². The van der Waals surface area contributed by atoms with Crippen molar-refractivity contribution in [3.8, 4) is 0 Å². The Hall–Kier alpha value is -2.37. The van der Waals surface area contributed by atoms with E-state index in [1.165, 1.54) is 0 Å². The normalized spacial score (nSPS) is 17.9. The maximum atomic E-state index is 12.5. The lowest BCUT2D eigenvalue weighted by atomic mass is 9.96. The van der Waals surface area contributed by atoms with E-state index in [1.807, 2.05) is 31.2 Å². The van der Waals surface area contributed by atoms with E-state index in [2.05, 4.69) is 19.2 Å². The van der Waals surface area contributed by atoms with E-state index in [0.717, 1.165) is 24.1 Å². The number of ether oxygens (including phenoxy) is 1. The number of nitrogens with one attached hydrogen (secondary N) is 1. The number of rotatable bonds is 8. The highest BCUT2D eigenvalue weighted by Gasteiger charge is 2.37. The first-order valence-corrected chi connectivity index (χ1v) is 9.30. The summed E-state index contributed by atoms with van der Waals surface area (Å²) in [4.78, 5) is 37.9. The second-order valence-corrected chi connectivity index (χ2v) is 6.73. The van der Waals surface area contributed by atoms with E-state index < -0.39 is 11.9 Å². The molecule has 2 atom stereocenters. The van der Waals surface area contributed by atoms with Gasteiger partial charge < -0.3 is 15.0 Å². The van der Waals surface area contributed by atoms with Gasteiger partial charge in [-0.05, 0) is 30.4 Å². The number of hydrogen-bond acceptors (Lipinski definition) is 4. The van der Waals surface area contributed by atoms with Crippen LogP contribution in [-0.2, 0) is 19.1 Å². The Morgan fingerprint density at radius 3 is 2.73 bits per heavy atom. The van der Waals surface area contributed by atoms with Gasteiger partial charge in [-0.2, -0.15) is 0 Å². The van der Waals surface area contributed by atoms with Gasteiger partial charge in [-0.1, -0.05) is 39.0 Å². The lowest BCUT2D eigenvalue weighted by molar-refractivity contribution is -0.152. The third-order valence-electron chi connectivity index (χ3n) is 4.75. The molecule has 6 nitrogen and oxygen atoms in total. The number of anilines is 1. The fourth-order valence-electron chi connectivity index (χ4n) is 3.04. The number of para-hydroxylation sites is 1. The van der Waals surface area contributed by atoms with E-state index in [1.54, 1.807) is 4.90 Å². The van der Waals surface area contributed by atoms with Gasteiger partial charge in [-0.15, -0.1) is 0 Å². The Balaban J connectivity index is 2.00. The summed E-state index contributed by atoms with van der Waals surface area (Å²) in [5, 5.41) is 2.65. The summed E-state index contributed by atoms with van der Waals surface area (Å²) >= 11 is 0. The molecule has 142 valence electrons. The summed E-state index contributed by atoms with van der Waals surface area (Å²) < 4.78 is 5.09. The number of benzene rings is 1. The average Bonchev–Trinajstić information content (AvgIpc) is 3.05. The molecule has 1 N–H and O–H groups in total. The van der Waals surface area contributed by atoms with Crippen molar-refractivity contribution in [3.63, 3.8) is 0 Å². The molecular weight excluding hydrogens is 332 g/mol. The first-order valence-electron chi connectivity index (χ1n) is 9.30. The van der Waals surface area contributed by atoms with Gasteiger partial charge in [0.2, 0.25) is 5.91 Å². The zero-order valence-corrected chi connectivity index (χ0v) is 15.8. The third-order valence-corrected chi connectivity index (χ3v) is 4.75. The van der Waals surface area contributed by atoms with Crippen LogP contribution < -0.4 is 10.2 Å². The zero-order valence-electron chi connectivity index (χ0n) is 15.8. The van der Waals surface area contributed by atoms with E-state index in [4.69, 9.17) is 4.74 Å². The van der Waals surface area contributed by atoms with Crippen molar-refractivity contribution in [2.45, 2.75) is 46.0 Å². The number of carbonyl (C=O) groups excluding carboxylic acids is 3. The van der Waals surface area contributed by atoms with Gasteiger partial charge in [0.1, 0.15) is 0 Å². The van der Waals surface area contributed by atoms with Crippen LogP contribution in [0, 0.1) is 5.92 Å². The van der Waals surface area contributed by atoms with Crippen LogP contribution in [0.4, 0.5) is 5.69 Å². The minimum absolute atomic E-state index is 0.0851. The molecule has 0 bridgehead atoms. The van der Waals surface area contributed by atoms with Crippen molar-refractivity contribution in [2.75, 3.05) is 24.6 Å². The summed E-state index contributed by atoms with van der Waals surface area (Å²) in [5.41, 5.74) is 1.97. The Morgan fingerprint density at radius 1 is 1.31 bits per heavy atom. The number of hydrogen-bond donors (Lipinski definition) is 1. The molecule has 0 aliphatic carbocycles. The monoisotopic (exact) mass is 360 g/mol. The van der Waals surface area contributed by atoms with Crippen molar-refractivity contribution in [3.05, 3.63) is 29.8 Å². The van der Waals surface area contributed by atoms with E-state index in [0.29, 0.717) is 19.0 Å². The Bertz CT molecular complexity index is 659. The summed E-state index contributed by atoms with van der Waals surface area (Å²) in [6.07, 6.45) is 1.91. The van der Waals surface area contributed by atoms with Crippen molar-refractivity contribution in [1.29, 1.82) is 0 Å². The number of amides is 2. The van der Waals surface area contributed by atoms with Gasteiger partial charge >= 0.3 is 5.97 Å². The molecule has 0 unspecified atom stereocenters. The molecule has 1 fully saturated rings. The van der Waals surface area contributed by atoms with Gasteiger partial charge in [-0.3, -0.25) is 14.4 Å². The largest absolute Gasteiger partial charge is 0.455 e. The predicted octanol–water partition coefficient (Wildman–Crippen LogP) is 2.62. The molecule has 1 aliphatic rings. The molecule has 2 amide bonds. The van der Waals surface area contributed by atoms with Crippen molar-refractivity contribution in [2.24, 2.45) is 5.92 Å². The number of nitrogens with zero attached hydrogens (tertiary/aromatic N) is 1. The predicted molar refractivity (Wildman–Crippen MR) is 99.9 cm³/mol. The molecule has 0 spiro atoms. The summed E-state index contributed by atoms with van der Waals surface area (Å²) in [6.45, 7) is 6.73. The van der Waals surface area contributed by atoms with Crippen LogP contribution >= 0.6 is 0 Å². The Labute approximate surface area is 154 Å². The summed E-state index contributed by atoms with van der Waals surface area (Å²) in [6, 6.07) is 7.82. The lowest BCUT2D eigenvalue weighted by Crippen LogP contribution is -2.31. The Morgan fingerprint density at radius 2 is 2.04 bits per heavy atom. The first-order chi connectivity index (χ1) is 12.5. The highest BCUT2D eigenvalue weighted by atomic mass is 16.5. The molecule has 1 aliphatic heterocycles. The molecule has 6 heteroatoms. The smallest absolute Gasteiger partial charge is 0.311 e. The Kier molecular flexibility index (Phi) is 7.18. The molecule has 1 aromatic rings. The minimum atomic E-state index is -0.536. The molecule has 1 aromatic carbocycles. The molecule has 0 radical (unpaired) electrons. The first kappa shape index (κ1) is 19.9. The lowest BCUT2D eigenvalue weighted by Gasteiger charge is -2.23. The van der Waals surface area contributed by atoms with Gasteiger partial charge in [0.05, 0.1) is 5.92 Å². The van der Waals surface area contributed by atoms with E-state index >= 15 is 0 Å². The fraction of sp³-hybridized carbons (Fsp3) is 0.550. The molecule has 1 heterocycles. The average molecular weight is 360 g/mol. The van der Waals surface area contributed by atoms with Crippen LogP contribution in [-0.4, -0.2) is 37.5 Å². The highest BCUT2D eigenvalue weighted by molar-refractivity contribution is 6.00. The van der Waals surface area contributed by atoms with Gasteiger partial charge in [0.25, 0.3) is 5.91 Å². The van der Waals surface area contributed by atoms with Crippen LogP contribution in [0.5, 0.6) is 0 Å². The van der Waals surface area contributed by atoms with Gasteiger partial charge in [0, 0.05) is 25.2 Å². The standard InChI is InChI=1S/C20H28N2O4/c1-4-10-21-18(23)13-26-20(25)15-11-19(24)22(12-15)17-9-7-6-8-16(17)14(3)5-2/h6-9,14-15H,4-5,10-13H2,1-3H3,(H,21,23)/t14-,15-/m1/s1. The molecular formula is C20H28N2O4. The van der Waals surface area contributed by atoms with E-state index in [-0.39, 0.29) is 24.8 Å². The van der Waals surface area contributed by atoms with Crippen LogP contribution in [0.3, 0.4) is 0 Å². The summed E-state index contributed by atoms with van der Waals surface area (Å²) in [7, 11) is 0. The fourth-order valence-corrected chi connectivity index (χ4v) is 3.04. The maximum Gasteiger partial charge on any atom is 0.311 e. The van der Waals surface area contributed by atoms with Crippen molar-refractivity contribution >= 4 is 23.5 Å². The van der Waals surface area contributed by atoms with E-state index in [9.17, 15) is 14.4 Å². The number of carbonyl (C=O) groups is 3. The van der Waals surface area contributed by atoms with Crippen LogP contribution in [0.1, 0.15) is 51.5 Å². The summed E-state index contributed by atoms with van der Waals surface area (Å²) in [5.74, 6) is -1.10. The maximum absolute atomic E-state index is 12.5. The number of esters is 1. The SMILES string of the molecule is CCCNC(=O)COC(=O)[C@@H]1CC(=O)N(c2ccccc2[C@H](C)CC)C1.